The predicted octanol–water partition coefficient (Wildman–Crippen LogP) is 3.08. The van der Waals surface area contributed by atoms with E-state index in [1.807, 2.05) is 27.7 Å². The number of amides is 1. The number of nitrogens with zero attached hydrogens (tertiary/aromatic N) is 1. The maximum Gasteiger partial charge on any atom is 0.418 e. The third-order valence-electron chi connectivity index (χ3n) is 2.51. The molecule has 0 atom stereocenters. The minimum atomic E-state index is -0.619. The normalized spacial score (nSPS) is 10.6. The molecule has 0 bridgehead atoms. The summed E-state index contributed by atoms with van der Waals surface area (Å²) in [5.74, 6) is -0.619. The van der Waals surface area contributed by atoms with Gasteiger partial charge in [-0.1, -0.05) is 18.2 Å². The van der Waals surface area contributed by atoms with E-state index in [4.69, 9.17) is 4.74 Å². The van der Waals surface area contributed by atoms with Gasteiger partial charge in [-0.05, 0) is 39.8 Å². The fourth-order valence-electron chi connectivity index (χ4n) is 1.78. The summed E-state index contributed by atoms with van der Waals surface area (Å²) in [5, 5.41) is 0. The summed E-state index contributed by atoms with van der Waals surface area (Å²) < 4.78 is 4.87. The summed E-state index contributed by atoms with van der Waals surface area (Å²) >= 11 is 0. The molecule has 0 spiro atoms. The van der Waals surface area contributed by atoms with Gasteiger partial charge in [-0.25, -0.2) is 9.59 Å². The van der Waals surface area contributed by atoms with Crippen LogP contribution >= 0.6 is 0 Å². The molecule has 0 N–H and O–H groups in total. The molecule has 0 unspecified atom stereocenters. The van der Waals surface area contributed by atoms with Gasteiger partial charge in [-0.3, -0.25) is 0 Å². The van der Waals surface area contributed by atoms with Gasteiger partial charge in [0.25, 0.3) is 0 Å². The van der Waals surface area contributed by atoms with Crippen LogP contribution in [0.25, 0.3) is 0 Å². The molecule has 1 amide bonds. The molecule has 4 nitrogen and oxygen atoms in total. The smallest absolute Gasteiger partial charge is 0.372 e. The zero-order valence-electron chi connectivity index (χ0n) is 11.2. The number of carbonyl (C=O) groups is 2. The van der Waals surface area contributed by atoms with Crippen LogP contribution in [-0.4, -0.2) is 29.0 Å². The van der Waals surface area contributed by atoms with Crippen molar-refractivity contribution in [3.8, 4) is 0 Å². The Hall–Kier alpha value is -1.84. The second-order valence-corrected chi connectivity index (χ2v) is 4.62. The molecule has 98 valence electrons. The lowest BCUT2D eigenvalue weighted by atomic mass is 10.2. The summed E-state index contributed by atoms with van der Waals surface area (Å²) in [6, 6.07) is 8.46. The van der Waals surface area contributed by atoms with Crippen molar-refractivity contribution in [2.45, 2.75) is 39.8 Å². The van der Waals surface area contributed by atoms with E-state index < -0.39 is 12.1 Å². The summed E-state index contributed by atoms with van der Waals surface area (Å²) in [6.07, 6.45) is -0.603. The average Bonchev–Trinajstić information content (AvgIpc) is 2.28. The van der Waals surface area contributed by atoms with E-state index in [2.05, 4.69) is 0 Å². The number of carbonyl (C=O) groups excluding carboxylic acids is 2. The van der Waals surface area contributed by atoms with Crippen LogP contribution in [0.5, 0.6) is 0 Å². The highest BCUT2D eigenvalue weighted by Gasteiger charge is 2.24. The minimum absolute atomic E-state index is 0.0129. The highest BCUT2D eigenvalue weighted by molar-refractivity contribution is 5.96. The van der Waals surface area contributed by atoms with Gasteiger partial charge >= 0.3 is 12.1 Å². The van der Waals surface area contributed by atoms with Crippen LogP contribution in [0.1, 0.15) is 38.1 Å². The van der Waals surface area contributed by atoms with Crippen LogP contribution in [0.15, 0.2) is 30.3 Å². The van der Waals surface area contributed by atoms with E-state index in [0.717, 1.165) is 0 Å². The Balaban J connectivity index is 2.73. The molecular weight excluding hydrogens is 230 g/mol. The van der Waals surface area contributed by atoms with E-state index in [0.29, 0.717) is 5.56 Å². The molecule has 0 saturated heterocycles. The molecule has 0 heterocycles. The Bertz CT molecular complexity index is 404. The van der Waals surface area contributed by atoms with Gasteiger partial charge in [0.2, 0.25) is 0 Å². The quantitative estimate of drug-likeness (QED) is 0.611. The third kappa shape index (κ3) is 3.58. The predicted molar refractivity (Wildman–Crippen MR) is 69.4 cm³/mol. The summed E-state index contributed by atoms with van der Waals surface area (Å²) in [6.45, 7) is 7.53. The molecule has 0 aromatic heterocycles. The molecule has 0 fully saturated rings. The number of rotatable bonds is 3. The van der Waals surface area contributed by atoms with Crippen molar-refractivity contribution < 1.29 is 14.3 Å². The van der Waals surface area contributed by atoms with Crippen LogP contribution in [-0.2, 0) is 4.74 Å². The average molecular weight is 249 g/mol. The molecule has 0 saturated carbocycles. The first-order valence-electron chi connectivity index (χ1n) is 6.03. The molecule has 0 aliphatic heterocycles. The Morgan fingerprint density at radius 2 is 1.50 bits per heavy atom. The maximum absolute atomic E-state index is 11.9. The van der Waals surface area contributed by atoms with E-state index in [9.17, 15) is 9.59 Å². The molecule has 4 heteroatoms. The first-order valence-corrected chi connectivity index (χ1v) is 6.03. The first kappa shape index (κ1) is 14.2. The molecule has 1 rings (SSSR count). The molecule has 1 aromatic rings. The Labute approximate surface area is 108 Å². The van der Waals surface area contributed by atoms with Crippen molar-refractivity contribution in [2.75, 3.05) is 0 Å². The zero-order chi connectivity index (χ0) is 13.7. The van der Waals surface area contributed by atoms with Crippen molar-refractivity contribution in [3.05, 3.63) is 35.9 Å². The van der Waals surface area contributed by atoms with Crippen LogP contribution in [0, 0.1) is 0 Å². The molecule has 0 radical (unpaired) electrons. The molecule has 0 aliphatic carbocycles. The highest BCUT2D eigenvalue weighted by atomic mass is 16.6. The van der Waals surface area contributed by atoms with E-state index >= 15 is 0 Å². The Kier molecular flexibility index (Phi) is 4.89. The minimum Gasteiger partial charge on any atom is -0.372 e. The number of esters is 1. The highest BCUT2D eigenvalue weighted by Crippen LogP contribution is 2.09. The van der Waals surface area contributed by atoms with Crippen LogP contribution in [0.3, 0.4) is 0 Å². The van der Waals surface area contributed by atoms with Crippen molar-refractivity contribution in [3.63, 3.8) is 0 Å². The molecular formula is C14H19NO3. The number of hydrogen-bond acceptors (Lipinski definition) is 3. The van der Waals surface area contributed by atoms with E-state index in [-0.39, 0.29) is 12.1 Å². The largest absolute Gasteiger partial charge is 0.418 e. The SMILES string of the molecule is CC(C)N(C(=O)OC(=O)c1ccccc1)C(C)C. The van der Waals surface area contributed by atoms with Gasteiger partial charge in [-0.15, -0.1) is 0 Å². The van der Waals surface area contributed by atoms with Gasteiger partial charge in [0, 0.05) is 12.1 Å². The van der Waals surface area contributed by atoms with E-state index in [1.165, 1.54) is 4.90 Å². The Morgan fingerprint density at radius 1 is 1.00 bits per heavy atom. The second-order valence-electron chi connectivity index (χ2n) is 4.62. The van der Waals surface area contributed by atoms with Crippen molar-refractivity contribution in [1.82, 2.24) is 4.90 Å². The summed E-state index contributed by atoms with van der Waals surface area (Å²) in [4.78, 5) is 25.2. The third-order valence-corrected chi connectivity index (χ3v) is 2.51. The van der Waals surface area contributed by atoms with Crippen LogP contribution in [0.4, 0.5) is 4.79 Å². The van der Waals surface area contributed by atoms with Gasteiger partial charge < -0.3 is 9.64 Å². The van der Waals surface area contributed by atoms with Crippen molar-refractivity contribution in [1.29, 1.82) is 0 Å². The second kappa shape index (κ2) is 6.19. The number of hydrogen-bond donors (Lipinski definition) is 0. The lowest BCUT2D eigenvalue weighted by Crippen LogP contribution is -2.43. The summed E-state index contributed by atoms with van der Waals surface area (Å²) in [7, 11) is 0. The van der Waals surface area contributed by atoms with Gasteiger partial charge in [0.05, 0.1) is 5.56 Å². The Morgan fingerprint density at radius 3 is 1.94 bits per heavy atom. The standard InChI is InChI=1S/C14H19NO3/c1-10(2)15(11(3)4)14(17)18-13(16)12-8-6-5-7-9-12/h5-11H,1-4H3. The van der Waals surface area contributed by atoms with Gasteiger partial charge in [0.1, 0.15) is 0 Å². The van der Waals surface area contributed by atoms with Crippen LogP contribution < -0.4 is 0 Å². The van der Waals surface area contributed by atoms with Crippen molar-refractivity contribution >= 4 is 12.1 Å². The van der Waals surface area contributed by atoms with Gasteiger partial charge in [0.15, 0.2) is 0 Å². The maximum atomic E-state index is 11.9. The number of benzene rings is 1. The van der Waals surface area contributed by atoms with Crippen molar-refractivity contribution in [2.24, 2.45) is 0 Å². The lowest BCUT2D eigenvalue weighted by molar-refractivity contribution is 0.0484. The monoisotopic (exact) mass is 249 g/mol. The van der Waals surface area contributed by atoms with Crippen LogP contribution in [0.2, 0.25) is 0 Å². The first-order chi connectivity index (χ1) is 8.43. The topological polar surface area (TPSA) is 46.6 Å². The van der Waals surface area contributed by atoms with E-state index in [1.54, 1.807) is 30.3 Å². The molecule has 0 aliphatic rings. The lowest BCUT2D eigenvalue weighted by Gasteiger charge is -2.29. The molecule has 1 aromatic carbocycles. The fourth-order valence-corrected chi connectivity index (χ4v) is 1.78. The molecule has 18 heavy (non-hydrogen) atoms. The van der Waals surface area contributed by atoms with Gasteiger partial charge in [-0.2, -0.15) is 0 Å². The number of ether oxygens (including phenoxy) is 1. The fraction of sp³-hybridized carbons (Fsp3) is 0.429. The summed E-state index contributed by atoms with van der Waals surface area (Å²) in [5.41, 5.74) is 0.373. The zero-order valence-corrected chi connectivity index (χ0v) is 11.2.